The number of aryl methyl sites for hydroxylation is 1. The number of benzene rings is 1. The Labute approximate surface area is 163 Å². The molecule has 1 atom stereocenters. The van der Waals surface area contributed by atoms with Gasteiger partial charge in [0.1, 0.15) is 5.82 Å². The van der Waals surface area contributed by atoms with Crippen molar-refractivity contribution in [3.63, 3.8) is 0 Å². The summed E-state index contributed by atoms with van der Waals surface area (Å²) < 4.78 is 2.22. The van der Waals surface area contributed by atoms with Crippen LogP contribution in [0, 0.1) is 13.8 Å². The molecule has 1 unspecified atom stereocenters. The molecular weight excluding hydrogens is 368 g/mol. The van der Waals surface area contributed by atoms with E-state index in [1.807, 2.05) is 39.0 Å². The normalized spacial score (nSPS) is 16.5. The van der Waals surface area contributed by atoms with Gasteiger partial charge in [-0.2, -0.15) is 0 Å². The molecule has 1 aromatic heterocycles. The molecule has 5 nitrogen and oxygen atoms in total. The Morgan fingerprint density at radius 3 is 2.73 bits per heavy atom. The predicted molar refractivity (Wildman–Crippen MR) is 107 cm³/mol. The molecule has 1 aromatic carbocycles. The average Bonchev–Trinajstić information content (AvgIpc) is 2.99. The van der Waals surface area contributed by atoms with Gasteiger partial charge in [-0.25, -0.2) is 0 Å². The lowest BCUT2D eigenvalue weighted by Gasteiger charge is -2.25. The molecule has 0 aliphatic heterocycles. The van der Waals surface area contributed by atoms with Crippen LogP contribution >= 0.6 is 23.4 Å². The lowest BCUT2D eigenvalue weighted by molar-refractivity contribution is -0.115. The van der Waals surface area contributed by atoms with Crippen molar-refractivity contribution in [3.05, 3.63) is 34.6 Å². The van der Waals surface area contributed by atoms with Crippen LogP contribution in [0.25, 0.3) is 0 Å². The van der Waals surface area contributed by atoms with Crippen LogP contribution in [0.15, 0.2) is 23.4 Å². The van der Waals surface area contributed by atoms with E-state index in [2.05, 4.69) is 20.1 Å². The minimum atomic E-state index is -0.278. The first-order chi connectivity index (χ1) is 12.5. The molecule has 1 saturated carbocycles. The van der Waals surface area contributed by atoms with Crippen LogP contribution in [-0.2, 0) is 4.79 Å². The highest BCUT2D eigenvalue weighted by Crippen LogP contribution is 2.34. The number of aromatic nitrogens is 3. The summed E-state index contributed by atoms with van der Waals surface area (Å²) in [5, 5.41) is 12.8. The highest BCUT2D eigenvalue weighted by Gasteiger charge is 2.24. The molecule has 1 aliphatic rings. The van der Waals surface area contributed by atoms with E-state index >= 15 is 0 Å². The lowest BCUT2D eigenvalue weighted by atomic mass is 9.95. The van der Waals surface area contributed by atoms with Crippen molar-refractivity contribution in [2.75, 3.05) is 5.32 Å². The van der Waals surface area contributed by atoms with E-state index in [9.17, 15) is 4.79 Å². The Morgan fingerprint density at radius 1 is 1.27 bits per heavy atom. The molecule has 0 radical (unpaired) electrons. The zero-order chi connectivity index (χ0) is 18.7. The third kappa shape index (κ3) is 4.23. The number of nitrogens with zero attached hydrogens (tertiary/aromatic N) is 3. The summed E-state index contributed by atoms with van der Waals surface area (Å²) in [5.74, 6) is 0.869. The number of anilines is 1. The van der Waals surface area contributed by atoms with Gasteiger partial charge in [0.05, 0.1) is 5.25 Å². The second kappa shape index (κ2) is 8.44. The van der Waals surface area contributed by atoms with Gasteiger partial charge in [-0.15, -0.1) is 10.2 Å². The van der Waals surface area contributed by atoms with Crippen molar-refractivity contribution < 1.29 is 4.79 Å². The Bertz CT molecular complexity index is 786. The zero-order valence-electron chi connectivity index (χ0n) is 15.5. The van der Waals surface area contributed by atoms with Crippen LogP contribution in [0.4, 0.5) is 5.69 Å². The van der Waals surface area contributed by atoms with Crippen LogP contribution in [0.5, 0.6) is 0 Å². The van der Waals surface area contributed by atoms with Crippen molar-refractivity contribution in [2.45, 2.75) is 69.3 Å². The standard InChI is InChI=1S/C19H25ClN4OS/c1-12-16(20)10-7-11-17(12)21-18(25)13(2)26-19-23-22-14(3)24(19)15-8-5-4-6-9-15/h7,10-11,13,15H,4-6,8-9H2,1-3H3,(H,21,25). The molecule has 1 amide bonds. The Balaban J connectivity index is 1.70. The number of carbonyl (C=O) groups is 1. The fraction of sp³-hybridized carbons (Fsp3) is 0.526. The molecule has 1 N–H and O–H groups in total. The van der Waals surface area contributed by atoms with Crippen molar-refractivity contribution in [1.82, 2.24) is 14.8 Å². The quantitative estimate of drug-likeness (QED) is 0.713. The van der Waals surface area contributed by atoms with Gasteiger partial charge in [0, 0.05) is 16.8 Å². The highest BCUT2D eigenvalue weighted by molar-refractivity contribution is 8.00. The van der Waals surface area contributed by atoms with E-state index in [4.69, 9.17) is 11.6 Å². The molecule has 140 valence electrons. The topological polar surface area (TPSA) is 59.8 Å². The predicted octanol–water partition coefficient (Wildman–Crippen LogP) is 5.17. The van der Waals surface area contributed by atoms with Crippen LogP contribution in [-0.4, -0.2) is 25.9 Å². The number of hydrogen-bond donors (Lipinski definition) is 1. The summed E-state index contributed by atoms with van der Waals surface area (Å²) in [5.41, 5.74) is 1.63. The van der Waals surface area contributed by atoms with Gasteiger partial charge >= 0.3 is 0 Å². The number of hydrogen-bond acceptors (Lipinski definition) is 4. The maximum absolute atomic E-state index is 12.6. The summed E-state index contributed by atoms with van der Waals surface area (Å²) in [6, 6.07) is 5.98. The molecule has 1 aliphatic carbocycles. The molecule has 3 rings (SSSR count). The second-order valence-corrected chi connectivity index (χ2v) is 8.57. The van der Waals surface area contributed by atoms with Gasteiger partial charge in [0.2, 0.25) is 5.91 Å². The van der Waals surface area contributed by atoms with E-state index in [1.165, 1.54) is 31.0 Å². The molecule has 0 spiro atoms. The number of carbonyl (C=O) groups excluding carboxylic acids is 1. The molecule has 26 heavy (non-hydrogen) atoms. The van der Waals surface area contributed by atoms with E-state index in [0.717, 1.165) is 35.1 Å². The SMILES string of the molecule is Cc1c(Cl)cccc1NC(=O)C(C)Sc1nnc(C)n1C1CCCCC1. The van der Waals surface area contributed by atoms with Crippen LogP contribution < -0.4 is 5.32 Å². The van der Waals surface area contributed by atoms with Crippen LogP contribution in [0.3, 0.4) is 0 Å². The van der Waals surface area contributed by atoms with Gasteiger partial charge in [-0.1, -0.05) is 48.7 Å². The fourth-order valence-electron chi connectivity index (χ4n) is 3.38. The Morgan fingerprint density at radius 2 is 2.00 bits per heavy atom. The number of thioether (sulfide) groups is 1. The Kier molecular flexibility index (Phi) is 6.24. The van der Waals surface area contributed by atoms with Gasteiger partial charge in [-0.05, 0) is 51.3 Å². The van der Waals surface area contributed by atoms with Gasteiger partial charge in [0.25, 0.3) is 0 Å². The number of amides is 1. The number of halogens is 1. The monoisotopic (exact) mass is 392 g/mol. The highest BCUT2D eigenvalue weighted by atomic mass is 35.5. The van der Waals surface area contributed by atoms with Gasteiger partial charge in [0.15, 0.2) is 5.16 Å². The fourth-order valence-corrected chi connectivity index (χ4v) is 4.52. The van der Waals surface area contributed by atoms with Crippen molar-refractivity contribution in [2.24, 2.45) is 0 Å². The summed E-state index contributed by atoms with van der Waals surface area (Å²) in [7, 11) is 0. The maximum Gasteiger partial charge on any atom is 0.237 e. The van der Waals surface area contributed by atoms with E-state index in [1.54, 1.807) is 0 Å². The van der Waals surface area contributed by atoms with Gasteiger partial charge in [-0.3, -0.25) is 4.79 Å². The van der Waals surface area contributed by atoms with E-state index < -0.39 is 0 Å². The number of nitrogens with one attached hydrogen (secondary N) is 1. The largest absolute Gasteiger partial charge is 0.325 e. The van der Waals surface area contributed by atoms with Crippen LogP contribution in [0.1, 0.15) is 56.5 Å². The van der Waals surface area contributed by atoms with Crippen LogP contribution in [0.2, 0.25) is 5.02 Å². The maximum atomic E-state index is 12.6. The summed E-state index contributed by atoms with van der Waals surface area (Å²) in [4.78, 5) is 12.6. The van der Waals surface area contributed by atoms with Crippen molar-refractivity contribution in [3.8, 4) is 0 Å². The number of rotatable bonds is 5. The zero-order valence-corrected chi connectivity index (χ0v) is 17.0. The molecule has 2 aromatic rings. The van der Waals surface area contributed by atoms with E-state index in [0.29, 0.717) is 11.1 Å². The van der Waals surface area contributed by atoms with E-state index in [-0.39, 0.29) is 11.2 Å². The average molecular weight is 393 g/mol. The first kappa shape index (κ1) is 19.2. The third-order valence-corrected chi connectivity index (χ3v) is 6.42. The van der Waals surface area contributed by atoms with Crippen molar-refractivity contribution >= 4 is 35.0 Å². The molecule has 7 heteroatoms. The minimum Gasteiger partial charge on any atom is -0.325 e. The first-order valence-electron chi connectivity index (χ1n) is 9.11. The molecule has 0 saturated heterocycles. The first-order valence-corrected chi connectivity index (χ1v) is 10.4. The molecule has 1 fully saturated rings. The summed E-state index contributed by atoms with van der Waals surface area (Å²) >= 11 is 7.60. The third-order valence-electron chi connectivity index (χ3n) is 4.95. The smallest absolute Gasteiger partial charge is 0.237 e. The summed E-state index contributed by atoms with van der Waals surface area (Å²) in [6.07, 6.45) is 6.12. The molecule has 1 heterocycles. The summed E-state index contributed by atoms with van der Waals surface area (Å²) in [6.45, 7) is 5.79. The van der Waals surface area contributed by atoms with Gasteiger partial charge < -0.3 is 9.88 Å². The lowest BCUT2D eigenvalue weighted by Crippen LogP contribution is -2.24. The minimum absolute atomic E-state index is 0.0591. The molecule has 0 bridgehead atoms. The Hall–Kier alpha value is -1.53. The second-order valence-electron chi connectivity index (χ2n) is 6.85. The molecular formula is C19H25ClN4OS. The van der Waals surface area contributed by atoms with Crippen molar-refractivity contribution in [1.29, 1.82) is 0 Å².